The SMILES string of the molecule is C=CC(=O)N1CCN(c2nc(=O)n(-c3c(C(C)C)cc4c(ncn4C)c3C)c3nc(-c4ccccc4F)c(Cl)cc23)[C@@H](C)C1. The first-order valence-electron chi connectivity index (χ1n) is 14.5. The highest BCUT2D eigenvalue weighted by Crippen LogP contribution is 2.38. The van der Waals surface area contributed by atoms with E-state index in [0.717, 1.165) is 22.2 Å². The van der Waals surface area contributed by atoms with E-state index < -0.39 is 11.5 Å². The Hall–Kier alpha value is -4.57. The average Bonchev–Trinajstić information content (AvgIpc) is 3.37. The van der Waals surface area contributed by atoms with Crippen molar-refractivity contribution in [1.82, 2.24) is 29.0 Å². The highest BCUT2D eigenvalue weighted by Gasteiger charge is 2.31. The molecule has 0 N–H and O–H groups in total. The lowest BCUT2D eigenvalue weighted by atomic mass is 9.96. The fraction of sp³-hybridized carbons (Fsp3) is 0.303. The summed E-state index contributed by atoms with van der Waals surface area (Å²) in [5.41, 5.74) is 4.30. The highest BCUT2D eigenvalue weighted by atomic mass is 35.5. The lowest BCUT2D eigenvalue weighted by Gasteiger charge is -2.40. The number of carbonyl (C=O) groups is 1. The molecule has 226 valence electrons. The molecule has 1 fully saturated rings. The van der Waals surface area contributed by atoms with Crippen LogP contribution in [0, 0.1) is 12.7 Å². The first-order valence-corrected chi connectivity index (χ1v) is 14.9. The molecule has 0 aliphatic carbocycles. The summed E-state index contributed by atoms with van der Waals surface area (Å²) in [6.07, 6.45) is 3.05. The number of piperazine rings is 1. The molecule has 4 heterocycles. The number of imidazole rings is 1. The van der Waals surface area contributed by atoms with Gasteiger partial charge in [-0.15, -0.1) is 0 Å². The Balaban J connectivity index is 1.68. The summed E-state index contributed by atoms with van der Waals surface area (Å²) >= 11 is 6.83. The first-order chi connectivity index (χ1) is 21.0. The second-order valence-corrected chi connectivity index (χ2v) is 12.0. The summed E-state index contributed by atoms with van der Waals surface area (Å²) in [7, 11) is 1.93. The smallest absolute Gasteiger partial charge is 0.350 e. The Labute approximate surface area is 259 Å². The Morgan fingerprint density at radius 1 is 1.18 bits per heavy atom. The van der Waals surface area contributed by atoms with Gasteiger partial charge in [0.05, 0.1) is 39.2 Å². The molecule has 1 saturated heterocycles. The number of aromatic nitrogens is 5. The zero-order chi connectivity index (χ0) is 31.4. The monoisotopic (exact) mass is 613 g/mol. The summed E-state index contributed by atoms with van der Waals surface area (Å²) in [5, 5.41) is 0.769. The molecule has 1 amide bonds. The average molecular weight is 614 g/mol. The van der Waals surface area contributed by atoms with Crippen LogP contribution in [0.3, 0.4) is 0 Å². The Bertz CT molecular complexity index is 2030. The number of benzene rings is 2. The predicted molar refractivity (Wildman–Crippen MR) is 172 cm³/mol. The normalized spacial score (nSPS) is 15.5. The van der Waals surface area contributed by atoms with Crippen molar-refractivity contribution in [3.63, 3.8) is 0 Å². The number of pyridine rings is 1. The molecule has 0 radical (unpaired) electrons. The van der Waals surface area contributed by atoms with Crippen molar-refractivity contribution in [3.05, 3.63) is 87.8 Å². The van der Waals surface area contributed by atoms with Crippen LogP contribution in [0.2, 0.25) is 5.02 Å². The third-order valence-corrected chi connectivity index (χ3v) is 8.71. The van der Waals surface area contributed by atoms with Crippen LogP contribution in [0.1, 0.15) is 37.8 Å². The van der Waals surface area contributed by atoms with E-state index in [1.807, 2.05) is 36.4 Å². The van der Waals surface area contributed by atoms with Crippen LogP contribution in [0.5, 0.6) is 0 Å². The van der Waals surface area contributed by atoms with Gasteiger partial charge < -0.3 is 14.4 Å². The summed E-state index contributed by atoms with van der Waals surface area (Å²) in [5.74, 6) is -0.171. The van der Waals surface area contributed by atoms with E-state index in [1.54, 1.807) is 35.5 Å². The second-order valence-electron chi connectivity index (χ2n) is 11.6. The topological polar surface area (TPSA) is 89.2 Å². The van der Waals surface area contributed by atoms with E-state index in [-0.39, 0.29) is 34.1 Å². The van der Waals surface area contributed by atoms with E-state index in [2.05, 4.69) is 30.4 Å². The first kappa shape index (κ1) is 29.5. The molecule has 0 spiro atoms. The number of anilines is 1. The van der Waals surface area contributed by atoms with Gasteiger partial charge >= 0.3 is 5.69 Å². The van der Waals surface area contributed by atoms with Crippen molar-refractivity contribution in [2.75, 3.05) is 24.5 Å². The maximum atomic E-state index is 15.1. The van der Waals surface area contributed by atoms with Gasteiger partial charge in [-0.25, -0.2) is 23.7 Å². The molecule has 5 aromatic rings. The largest absolute Gasteiger partial charge is 0.355 e. The quantitative estimate of drug-likeness (QED) is 0.234. The number of fused-ring (bicyclic) bond motifs is 2. The van der Waals surface area contributed by atoms with Crippen molar-refractivity contribution in [2.24, 2.45) is 7.05 Å². The molecule has 6 rings (SSSR count). The zero-order valence-electron chi connectivity index (χ0n) is 25.3. The van der Waals surface area contributed by atoms with Crippen LogP contribution in [-0.4, -0.2) is 60.6 Å². The maximum absolute atomic E-state index is 15.1. The predicted octanol–water partition coefficient (Wildman–Crippen LogP) is 5.78. The molecule has 0 saturated carbocycles. The minimum atomic E-state index is -0.529. The van der Waals surface area contributed by atoms with Gasteiger partial charge in [-0.3, -0.25) is 4.79 Å². The van der Waals surface area contributed by atoms with Crippen molar-refractivity contribution >= 4 is 45.4 Å². The van der Waals surface area contributed by atoms with Gasteiger partial charge in [0.2, 0.25) is 5.91 Å². The lowest BCUT2D eigenvalue weighted by Crippen LogP contribution is -2.54. The molecular weight excluding hydrogens is 581 g/mol. The second kappa shape index (κ2) is 11.2. The lowest BCUT2D eigenvalue weighted by molar-refractivity contribution is -0.126. The van der Waals surface area contributed by atoms with Gasteiger partial charge in [0.1, 0.15) is 11.6 Å². The van der Waals surface area contributed by atoms with Crippen LogP contribution in [0.25, 0.3) is 39.0 Å². The number of carbonyl (C=O) groups excluding carboxylic acids is 1. The number of amides is 1. The zero-order valence-corrected chi connectivity index (χ0v) is 26.1. The Kier molecular flexibility index (Phi) is 7.49. The van der Waals surface area contributed by atoms with Crippen molar-refractivity contribution in [2.45, 2.75) is 39.7 Å². The number of rotatable bonds is 5. The minimum Gasteiger partial charge on any atom is -0.350 e. The van der Waals surface area contributed by atoms with Gasteiger partial charge in [-0.05, 0) is 55.7 Å². The molecule has 3 aromatic heterocycles. The van der Waals surface area contributed by atoms with Crippen LogP contribution < -0.4 is 10.6 Å². The Morgan fingerprint density at radius 2 is 1.93 bits per heavy atom. The molecule has 11 heteroatoms. The van der Waals surface area contributed by atoms with Crippen molar-refractivity contribution in [1.29, 1.82) is 0 Å². The molecule has 44 heavy (non-hydrogen) atoms. The Morgan fingerprint density at radius 3 is 2.61 bits per heavy atom. The molecule has 1 atom stereocenters. The molecule has 1 aliphatic heterocycles. The summed E-state index contributed by atoms with van der Waals surface area (Å²) in [6.45, 7) is 13.0. The van der Waals surface area contributed by atoms with Crippen LogP contribution in [-0.2, 0) is 11.8 Å². The van der Waals surface area contributed by atoms with E-state index in [1.165, 1.54) is 16.7 Å². The van der Waals surface area contributed by atoms with Crippen LogP contribution >= 0.6 is 11.6 Å². The number of hydrogen-bond donors (Lipinski definition) is 0. The molecule has 9 nitrogen and oxygen atoms in total. The van der Waals surface area contributed by atoms with Crippen molar-refractivity contribution < 1.29 is 9.18 Å². The highest BCUT2D eigenvalue weighted by molar-refractivity contribution is 6.33. The maximum Gasteiger partial charge on any atom is 0.355 e. The van der Waals surface area contributed by atoms with E-state index in [9.17, 15) is 9.59 Å². The van der Waals surface area contributed by atoms with E-state index in [0.29, 0.717) is 42.2 Å². The molecule has 2 aromatic carbocycles. The van der Waals surface area contributed by atoms with Gasteiger partial charge in [0.25, 0.3) is 0 Å². The van der Waals surface area contributed by atoms with Gasteiger partial charge in [0, 0.05) is 43.9 Å². The molecule has 0 unspecified atom stereocenters. The fourth-order valence-corrected chi connectivity index (χ4v) is 6.40. The van der Waals surface area contributed by atoms with Crippen LogP contribution in [0.15, 0.2) is 60.2 Å². The molecular formula is C33H33ClFN7O2. The number of aryl methyl sites for hydroxylation is 2. The van der Waals surface area contributed by atoms with Crippen LogP contribution in [0.4, 0.5) is 10.2 Å². The fourth-order valence-electron chi connectivity index (χ4n) is 6.15. The summed E-state index contributed by atoms with van der Waals surface area (Å²) in [6, 6.07) is 9.88. The van der Waals surface area contributed by atoms with E-state index in [4.69, 9.17) is 16.6 Å². The van der Waals surface area contributed by atoms with Crippen molar-refractivity contribution in [3.8, 4) is 16.9 Å². The van der Waals surface area contributed by atoms with Gasteiger partial charge in [-0.2, -0.15) is 4.98 Å². The van der Waals surface area contributed by atoms with Gasteiger partial charge in [-0.1, -0.05) is 44.2 Å². The molecule has 0 bridgehead atoms. The number of halogens is 2. The van der Waals surface area contributed by atoms with Gasteiger partial charge in [0.15, 0.2) is 5.65 Å². The van der Waals surface area contributed by atoms with E-state index >= 15 is 4.39 Å². The minimum absolute atomic E-state index is 0.0402. The number of nitrogens with zero attached hydrogens (tertiary/aromatic N) is 7. The molecule has 1 aliphatic rings. The number of hydrogen-bond acceptors (Lipinski definition) is 6. The third kappa shape index (κ3) is 4.73. The standard InChI is InChI=1S/C33H33ClFN7O2/c1-7-27(43)40-12-13-41(19(4)16-40)31-23-14-24(34)29(21-10-8-9-11-25(21)35)37-32(23)42(33(44)38-31)30-20(5)28-26(39(6)17-36-28)15-22(30)18(2)3/h7-11,14-15,17-19H,1,12-13,16H2,2-6H3/t19-/m0/s1. The summed E-state index contributed by atoms with van der Waals surface area (Å²) < 4.78 is 18.5. The summed E-state index contributed by atoms with van der Waals surface area (Å²) in [4.78, 5) is 44.5. The third-order valence-electron chi connectivity index (χ3n) is 8.42.